The van der Waals surface area contributed by atoms with E-state index in [9.17, 15) is 14.7 Å². The first-order valence-corrected chi connectivity index (χ1v) is 6.97. The molecule has 0 unspecified atom stereocenters. The quantitative estimate of drug-likeness (QED) is 0.872. The van der Waals surface area contributed by atoms with Gasteiger partial charge in [0.05, 0.1) is 17.7 Å². The third-order valence-corrected chi connectivity index (χ3v) is 4.06. The molecular weight excluding hydrogens is 260 g/mol. The Bertz CT molecular complexity index is 594. The Morgan fingerprint density at radius 2 is 1.95 bits per heavy atom. The molecule has 112 valence electrons. The molecule has 6 nitrogen and oxygen atoms in total. The Labute approximate surface area is 117 Å². The molecule has 0 aromatic carbocycles. The smallest absolute Gasteiger partial charge is 0.331 e. The van der Waals surface area contributed by atoms with Crippen LogP contribution >= 0.6 is 0 Å². The van der Waals surface area contributed by atoms with Gasteiger partial charge in [0, 0.05) is 7.11 Å². The molecule has 0 amide bonds. The van der Waals surface area contributed by atoms with Crippen LogP contribution in [0.2, 0.25) is 0 Å². The number of aromatic nitrogens is 2. The van der Waals surface area contributed by atoms with E-state index in [1.165, 1.54) is 4.57 Å². The molecule has 6 heteroatoms. The SMILES string of the molecule is COC(C)(C)Cn1c(O)c(C2CCCC2)c(=O)[nH]c1=O. The summed E-state index contributed by atoms with van der Waals surface area (Å²) in [7, 11) is 1.55. The lowest BCUT2D eigenvalue weighted by Gasteiger charge is -2.25. The van der Waals surface area contributed by atoms with Gasteiger partial charge in [-0.1, -0.05) is 12.8 Å². The van der Waals surface area contributed by atoms with Gasteiger partial charge < -0.3 is 9.84 Å². The fourth-order valence-corrected chi connectivity index (χ4v) is 2.75. The number of rotatable bonds is 4. The van der Waals surface area contributed by atoms with E-state index in [0.717, 1.165) is 25.7 Å². The summed E-state index contributed by atoms with van der Waals surface area (Å²) < 4.78 is 6.48. The van der Waals surface area contributed by atoms with Crippen molar-refractivity contribution in [2.24, 2.45) is 0 Å². The molecule has 20 heavy (non-hydrogen) atoms. The Morgan fingerprint density at radius 3 is 2.50 bits per heavy atom. The van der Waals surface area contributed by atoms with Crippen molar-refractivity contribution in [1.82, 2.24) is 9.55 Å². The summed E-state index contributed by atoms with van der Waals surface area (Å²) in [5, 5.41) is 10.4. The molecule has 1 aliphatic carbocycles. The third-order valence-electron chi connectivity index (χ3n) is 4.06. The predicted octanol–water partition coefficient (Wildman–Crippen LogP) is 1.32. The number of methoxy groups -OCH3 is 1. The predicted molar refractivity (Wildman–Crippen MR) is 75.3 cm³/mol. The highest BCUT2D eigenvalue weighted by Gasteiger charge is 2.28. The maximum atomic E-state index is 12.0. The van der Waals surface area contributed by atoms with E-state index in [-0.39, 0.29) is 18.3 Å². The van der Waals surface area contributed by atoms with Crippen molar-refractivity contribution in [2.75, 3.05) is 7.11 Å². The average Bonchev–Trinajstić information content (AvgIpc) is 2.88. The fourth-order valence-electron chi connectivity index (χ4n) is 2.75. The van der Waals surface area contributed by atoms with Crippen molar-refractivity contribution in [3.8, 4) is 5.88 Å². The number of H-pyrrole nitrogens is 1. The van der Waals surface area contributed by atoms with Gasteiger partial charge in [-0.05, 0) is 32.6 Å². The zero-order valence-electron chi connectivity index (χ0n) is 12.2. The van der Waals surface area contributed by atoms with E-state index in [4.69, 9.17) is 4.74 Å². The Morgan fingerprint density at radius 1 is 1.35 bits per heavy atom. The Kier molecular flexibility index (Phi) is 4.04. The minimum atomic E-state index is -0.605. The van der Waals surface area contributed by atoms with Crippen LogP contribution in [0.4, 0.5) is 0 Å². The number of nitrogens with zero attached hydrogens (tertiary/aromatic N) is 1. The largest absolute Gasteiger partial charge is 0.494 e. The van der Waals surface area contributed by atoms with Crippen molar-refractivity contribution in [3.05, 3.63) is 26.4 Å². The number of nitrogens with one attached hydrogen (secondary N) is 1. The zero-order chi connectivity index (χ0) is 14.9. The van der Waals surface area contributed by atoms with E-state index in [1.807, 2.05) is 13.8 Å². The second kappa shape index (κ2) is 5.44. The summed E-state index contributed by atoms with van der Waals surface area (Å²) >= 11 is 0. The monoisotopic (exact) mass is 282 g/mol. The summed E-state index contributed by atoms with van der Waals surface area (Å²) in [6.07, 6.45) is 3.85. The highest BCUT2D eigenvalue weighted by atomic mass is 16.5. The van der Waals surface area contributed by atoms with Gasteiger partial charge in [-0.2, -0.15) is 0 Å². The first-order valence-electron chi connectivity index (χ1n) is 6.97. The van der Waals surface area contributed by atoms with Crippen LogP contribution in [0, 0.1) is 0 Å². The summed E-state index contributed by atoms with van der Waals surface area (Å²) in [4.78, 5) is 26.2. The second-order valence-corrected chi connectivity index (χ2v) is 6.03. The van der Waals surface area contributed by atoms with Crippen LogP contribution in [0.25, 0.3) is 0 Å². The summed E-state index contributed by atoms with van der Waals surface area (Å²) in [5.41, 5.74) is -1.33. The molecule has 0 aliphatic heterocycles. The van der Waals surface area contributed by atoms with Gasteiger partial charge in [0.25, 0.3) is 5.56 Å². The molecule has 1 saturated carbocycles. The lowest BCUT2D eigenvalue weighted by atomic mass is 9.99. The van der Waals surface area contributed by atoms with Crippen molar-refractivity contribution in [3.63, 3.8) is 0 Å². The molecule has 2 N–H and O–H groups in total. The summed E-state index contributed by atoms with van der Waals surface area (Å²) in [6.45, 7) is 3.82. The number of hydrogen-bond donors (Lipinski definition) is 2. The minimum Gasteiger partial charge on any atom is -0.494 e. The standard InChI is InChI=1S/C14H22N2O4/c1-14(2,20-3)8-16-12(18)10(9-6-4-5-7-9)11(17)15-13(16)19/h9,18H,4-8H2,1-3H3,(H,15,17,19). The molecule has 1 aliphatic rings. The van der Waals surface area contributed by atoms with Crippen molar-refractivity contribution in [1.29, 1.82) is 0 Å². The van der Waals surface area contributed by atoms with E-state index in [1.54, 1.807) is 7.11 Å². The molecular formula is C14H22N2O4. The summed E-state index contributed by atoms with van der Waals surface area (Å²) in [6, 6.07) is 0. The number of aromatic hydroxyl groups is 1. The molecule has 1 aromatic rings. The number of ether oxygens (including phenoxy) is 1. The highest BCUT2D eigenvalue weighted by molar-refractivity contribution is 5.27. The molecule has 2 rings (SSSR count). The van der Waals surface area contributed by atoms with Crippen LogP contribution in [0.1, 0.15) is 51.0 Å². The van der Waals surface area contributed by atoms with Gasteiger partial charge in [-0.3, -0.25) is 14.3 Å². The molecule has 1 fully saturated rings. The fraction of sp³-hybridized carbons (Fsp3) is 0.714. The Balaban J connectivity index is 2.50. The first-order chi connectivity index (χ1) is 9.35. The van der Waals surface area contributed by atoms with Crippen molar-refractivity contribution < 1.29 is 9.84 Å². The van der Waals surface area contributed by atoms with E-state index in [2.05, 4.69) is 4.98 Å². The van der Waals surface area contributed by atoms with Crippen LogP contribution in [-0.4, -0.2) is 27.4 Å². The van der Waals surface area contributed by atoms with E-state index in [0.29, 0.717) is 5.56 Å². The summed E-state index contributed by atoms with van der Waals surface area (Å²) in [5.74, 6) is -0.174. The maximum absolute atomic E-state index is 12.0. The van der Waals surface area contributed by atoms with Crippen LogP contribution in [0.5, 0.6) is 5.88 Å². The minimum absolute atomic E-state index is 0.0382. The van der Waals surface area contributed by atoms with E-state index >= 15 is 0 Å². The van der Waals surface area contributed by atoms with Gasteiger partial charge in [-0.25, -0.2) is 4.79 Å². The van der Waals surface area contributed by atoms with Gasteiger partial charge in [0.15, 0.2) is 0 Å². The van der Waals surface area contributed by atoms with Gasteiger partial charge in [-0.15, -0.1) is 0 Å². The topological polar surface area (TPSA) is 84.3 Å². The molecule has 0 radical (unpaired) electrons. The van der Waals surface area contributed by atoms with Gasteiger partial charge in [0.1, 0.15) is 0 Å². The van der Waals surface area contributed by atoms with Crippen LogP contribution in [0.15, 0.2) is 9.59 Å². The third kappa shape index (κ3) is 2.80. The zero-order valence-corrected chi connectivity index (χ0v) is 12.2. The lowest BCUT2D eigenvalue weighted by Crippen LogP contribution is -2.39. The lowest BCUT2D eigenvalue weighted by molar-refractivity contribution is 0.00527. The van der Waals surface area contributed by atoms with Crippen LogP contribution in [0.3, 0.4) is 0 Å². The van der Waals surface area contributed by atoms with E-state index < -0.39 is 16.9 Å². The Hall–Kier alpha value is -1.56. The number of hydrogen-bond acceptors (Lipinski definition) is 4. The normalized spacial score (nSPS) is 16.8. The average molecular weight is 282 g/mol. The van der Waals surface area contributed by atoms with Gasteiger partial charge in [0.2, 0.25) is 5.88 Å². The molecule has 0 saturated heterocycles. The highest BCUT2D eigenvalue weighted by Crippen LogP contribution is 2.35. The molecule has 1 aromatic heterocycles. The molecule has 0 spiro atoms. The van der Waals surface area contributed by atoms with Crippen LogP contribution < -0.4 is 11.2 Å². The molecule has 1 heterocycles. The first kappa shape index (κ1) is 14.8. The van der Waals surface area contributed by atoms with Crippen LogP contribution in [-0.2, 0) is 11.3 Å². The second-order valence-electron chi connectivity index (χ2n) is 6.03. The number of aromatic amines is 1. The van der Waals surface area contributed by atoms with Crippen molar-refractivity contribution >= 4 is 0 Å². The van der Waals surface area contributed by atoms with Gasteiger partial charge >= 0.3 is 5.69 Å². The molecule has 0 atom stereocenters. The maximum Gasteiger partial charge on any atom is 0.331 e. The van der Waals surface area contributed by atoms with Crippen molar-refractivity contribution in [2.45, 2.75) is 57.6 Å². The molecule has 0 bridgehead atoms.